The second-order valence-electron chi connectivity index (χ2n) is 5.23. The molecule has 0 bridgehead atoms. The van der Waals surface area contributed by atoms with Gasteiger partial charge in [0.25, 0.3) is 0 Å². The summed E-state index contributed by atoms with van der Waals surface area (Å²) in [6, 6.07) is 1.61. The molecular formula is C12H16FN5O3. The first kappa shape index (κ1) is 14.0. The predicted molar refractivity (Wildman–Crippen MR) is 72.9 cm³/mol. The summed E-state index contributed by atoms with van der Waals surface area (Å²) in [5.74, 6) is 0.131. The Kier molecular flexibility index (Phi) is 3.01. The van der Waals surface area contributed by atoms with E-state index < -0.39 is 30.7 Å². The molecular weight excluding hydrogens is 281 g/mol. The van der Waals surface area contributed by atoms with Gasteiger partial charge in [0.1, 0.15) is 23.7 Å². The van der Waals surface area contributed by atoms with Crippen LogP contribution in [0.4, 0.5) is 16.2 Å². The number of anilines is 2. The number of nitrogen functional groups attached to an aromatic ring is 2. The van der Waals surface area contributed by atoms with Crippen molar-refractivity contribution in [2.75, 3.05) is 18.1 Å². The normalized spacial score (nSPS) is 32.9. The molecule has 0 unspecified atom stereocenters. The van der Waals surface area contributed by atoms with E-state index in [4.69, 9.17) is 21.3 Å². The van der Waals surface area contributed by atoms with Gasteiger partial charge in [0.2, 0.25) is 5.95 Å². The number of ether oxygens (including phenoxy) is 1. The number of fused-ring (bicyclic) bond motifs is 1. The number of hydrogen-bond acceptors (Lipinski definition) is 7. The van der Waals surface area contributed by atoms with E-state index in [0.717, 1.165) is 0 Å². The van der Waals surface area contributed by atoms with Crippen molar-refractivity contribution in [1.29, 1.82) is 0 Å². The number of aliphatic hydroxyl groups excluding tert-OH is 2. The Hall–Kier alpha value is -1.97. The summed E-state index contributed by atoms with van der Waals surface area (Å²) < 4.78 is 21.6. The van der Waals surface area contributed by atoms with Crippen LogP contribution in [0, 0.1) is 0 Å². The zero-order valence-corrected chi connectivity index (χ0v) is 11.3. The fraction of sp³-hybridized carbons (Fsp3) is 0.500. The van der Waals surface area contributed by atoms with E-state index in [1.165, 1.54) is 17.7 Å². The zero-order valence-electron chi connectivity index (χ0n) is 11.3. The van der Waals surface area contributed by atoms with Crippen LogP contribution in [0.5, 0.6) is 0 Å². The number of rotatable bonds is 2. The van der Waals surface area contributed by atoms with Gasteiger partial charge < -0.3 is 31.0 Å². The van der Waals surface area contributed by atoms with E-state index >= 15 is 0 Å². The van der Waals surface area contributed by atoms with E-state index in [2.05, 4.69) is 9.97 Å². The molecule has 1 fully saturated rings. The molecule has 2 aromatic heterocycles. The molecule has 1 aliphatic rings. The van der Waals surface area contributed by atoms with Crippen LogP contribution in [0.15, 0.2) is 12.3 Å². The Bertz CT molecular complexity index is 689. The lowest BCUT2D eigenvalue weighted by atomic mass is 9.98. The fourth-order valence-electron chi connectivity index (χ4n) is 2.63. The maximum atomic E-state index is 14.8. The van der Waals surface area contributed by atoms with E-state index in [-0.39, 0.29) is 11.8 Å². The van der Waals surface area contributed by atoms with Crippen LogP contribution in [-0.4, -0.2) is 49.2 Å². The molecule has 0 radical (unpaired) electrons. The molecule has 4 atom stereocenters. The summed E-state index contributed by atoms with van der Waals surface area (Å²) in [6.45, 7) is 0.716. The third-order valence-electron chi connectivity index (χ3n) is 3.77. The quantitative estimate of drug-likeness (QED) is 0.591. The summed E-state index contributed by atoms with van der Waals surface area (Å²) in [4.78, 5) is 7.87. The largest absolute Gasteiger partial charge is 0.394 e. The van der Waals surface area contributed by atoms with Gasteiger partial charge in [-0.25, -0.2) is 4.39 Å². The fourth-order valence-corrected chi connectivity index (χ4v) is 2.63. The lowest BCUT2D eigenvalue weighted by Gasteiger charge is -2.25. The molecule has 2 aromatic rings. The summed E-state index contributed by atoms with van der Waals surface area (Å²) in [6.07, 6.45) is -2.10. The van der Waals surface area contributed by atoms with Gasteiger partial charge in [0.05, 0.1) is 12.0 Å². The highest BCUT2D eigenvalue weighted by Crippen LogP contribution is 2.42. The van der Waals surface area contributed by atoms with Crippen molar-refractivity contribution in [3.05, 3.63) is 12.3 Å². The maximum absolute atomic E-state index is 14.8. The number of alkyl halides is 1. The molecule has 0 saturated carbocycles. The van der Waals surface area contributed by atoms with E-state index in [0.29, 0.717) is 11.0 Å². The highest BCUT2D eigenvalue weighted by Gasteiger charge is 2.55. The summed E-state index contributed by atoms with van der Waals surface area (Å²) in [7, 11) is 0. The molecule has 9 heteroatoms. The third kappa shape index (κ3) is 1.93. The van der Waals surface area contributed by atoms with Gasteiger partial charge >= 0.3 is 0 Å². The predicted octanol–water partition coefficient (Wildman–Crippen LogP) is -0.425. The van der Waals surface area contributed by atoms with Gasteiger partial charge in [-0.3, -0.25) is 0 Å². The van der Waals surface area contributed by atoms with Crippen LogP contribution in [0.3, 0.4) is 0 Å². The minimum absolute atomic E-state index is 0.0437. The Morgan fingerprint density at radius 3 is 2.81 bits per heavy atom. The Balaban J connectivity index is 2.13. The molecule has 8 nitrogen and oxygen atoms in total. The standard InChI is InChI=1S/C12H16FN5O3/c1-12(13)7(20)6(4-19)21-10(12)18-3-2-5-8(14)16-11(15)17-9(5)18/h2-3,6-7,10,19-20H,4H2,1H3,(H4,14,15,16,17)/t6-,7-,10-,12-/m1/s1. The van der Waals surface area contributed by atoms with E-state index in [1.54, 1.807) is 6.07 Å². The average molecular weight is 297 g/mol. The van der Waals surface area contributed by atoms with E-state index in [1.807, 2.05) is 0 Å². The molecule has 1 aliphatic heterocycles. The van der Waals surface area contributed by atoms with E-state index in [9.17, 15) is 9.50 Å². The van der Waals surface area contributed by atoms with Crippen molar-refractivity contribution in [3.63, 3.8) is 0 Å². The highest BCUT2D eigenvalue weighted by molar-refractivity contribution is 5.87. The van der Waals surface area contributed by atoms with Crippen molar-refractivity contribution in [2.24, 2.45) is 0 Å². The topological polar surface area (TPSA) is 132 Å². The molecule has 6 N–H and O–H groups in total. The summed E-state index contributed by atoms with van der Waals surface area (Å²) in [5, 5.41) is 19.6. The molecule has 0 aromatic carbocycles. The molecule has 1 saturated heterocycles. The van der Waals surface area contributed by atoms with Crippen LogP contribution < -0.4 is 11.5 Å². The molecule has 21 heavy (non-hydrogen) atoms. The average Bonchev–Trinajstić information content (AvgIpc) is 2.91. The van der Waals surface area contributed by atoms with Gasteiger partial charge in [0.15, 0.2) is 11.9 Å². The van der Waals surface area contributed by atoms with Crippen molar-refractivity contribution in [2.45, 2.75) is 31.0 Å². The molecule has 114 valence electrons. The number of nitrogens with two attached hydrogens (primary N) is 2. The van der Waals surface area contributed by atoms with Crippen molar-refractivity contribution >= 4 is 22.8 Å². The van der Waals surface area contributed by atoms with Gasteiger partial charge in [0, 0.05) is 6.20 Å². The van der Waals surface area contributed by atoms with Crippen molar-refractivity contribution in [3.8, 4) is 0 Å². The molecule has 0 amide bonds. The van der Waals surface area contributed by atoms with Gasteiger partial charge in [-0.05, 0) is 13.0 Å². The van der Waals surface area contributed by atoms with Crippen molar-refractivity contribution < 1.29 is 19.3 Å². The second-order valence-corrected chi connectivity index (χ2v) is 5.23. The Morgan fingerprint density at radius 2 is 2.19 bits per heavy atom. The number of nitrogens with zero attached hydrogens (tertiary/aromatic N) is 3. The number of hydrogen-bond donors (Lipinski definition) is 4. The summed E-state index contributed by atoms with van der Waals surface area (Å²) in [5.41, 5.74) is 9.51. The Labute approximate surface area is 119 Å². The van der Waals surface area contributed by atoms with Gasteiger partial charge in [-0.2, -0.15) is 9.97 Å². The van der Waals surface area contributed by atoms with Crippen LogP contribution in [0.2, 0.25) is 0 Å². The highest BCUT2D eigenvalue weighted by atomic mass is 19.1. The van der Waals surface area contributed by atoms with Gasteiger partial charge in [-0.15, -0.1) is 0 Å². The lowest BCUT2D eigenvalue weighted by Crippen LogP contribution is -2.40. The molecule has 0 aliphatic carbocycles. The number of halogens is 1. The first-order valence-corrected chi connectivity index (χ1v) is 6.39. The first-order valence-electron chi connectivity index (χ1n) is 6.39. The Morgan fingerprint density at radius 1 is 1.48 bits per heavy atom. The monoisotopic (exact) mass is 297 g/mol. The molecule has 0 spiro atoms. The third-order valence-corrected chi connectivity index (χ3v) is 3.77. The number of aliphatic hydroxyl groups is 2. The zero-order chi connectivity index (χ0) is 15.4. The minimum Gasteiger partial charge on any atom is -0.394 e. The molecule has 3 heterocycles. The second kappa shape index (κ2) is 4.52. The van der Waals surface area contributed by atoms with Crippen LogP contribution >= 0.6 is 0 Å². The summed E-state index contributed by atoms with van der Waals surface area (Å²) >= 11 is 0. The first-order chi connectivity index (χ1) is 9.86. The molecule has 3 rings (SSSR count). The lowest BCUT2D eigenvalue weighted by molar-refractivity contribution is -0.0564. The van der Waals surface area contributed by atoms with Crippen LogP contribution in [0.25, 0.3) is 11.0 Å². The SMILES string of the molecule is C[C@@]1(F)[C@H](O)[C@@H](CO)O[C@H]1n1ccc2c(N)nc(N)nc21. The smallest absolute Gasteiger partial charge is 0.223 e. The maximum Gasteiger partial charge on any atom is 0.223 e. The minimum atomic E-state index is -2.10. The van der Waals surface area contributed by atoms with Gasteiger partial charge in [-0.1, -0.05) is 0 Å². The van der Waals surface area contributed by atoms with Crippen molar-refractivity contribution in [1.82, 2.24) is 14.5 Å². The van der Waals surface area contributed by atoms with Crippen LogP contribution in [0.1, 0.15) is 13.2 Å². The van der Waals surface area contributed by atoms with Crippen LogP contribution in [-0.2, 0) is 4.74 Å². The number of aromatic nitrogens is 3.